The van der Waals surface area contributed by atoms with Gasteiger partial charge in [-0.15, -0.1) is 0 Å². The van der Waals surface area contributed by atoms with E-state index in [2.05, 4.69) is 25.9 Å². The highest BCUT2D eigenvalue weighted by Crippen LogP contribution is 2.09. The van der Waals surface area contributed by atoms with Gasteiger partial charge >= 0.3 is 11.9 Å². The number of nitrogens with two attached hydrogens (primary N) is 1. The van der Waals surface area contributed by atoms with E-state index in [9.17, 15) is 29.1 Å². The van der Waals surface area contributed by atoms with E-state index in [1.165, 1.54) is 24.3 Å². The third kappa shape index (κ3) is 11.2. The standard InChI is InChI=1S/C21H34N6O7S/c1-11(2)6-15(20(32)27-16(21(33)34)7-12-9-23-10-24-12)26-19(31)14(4-5-35-3)25-18(30)13(22)8-17(28)29/h9-11,13-16H,4-8,22H2,1-3H3,(H,23,24)(H,25,30)(H,26,31)(H,27,32)(H,28,29)(H,33,34). The van der Waals surface area contributed by atoms with Gasteiger partial charge in [-0.05, 0) is 30.8 Å². The number of aromatic nitrogens is 2. The molecule has 0 bridgehead atoms. The zero-order valence-electron chi connectivity index (χ0n) is 19.9. The van der Waals surface area contributed by atoms with Crippen LogP contribution in [-0.2, 0) is 30.4 Å². The molecule has 0 fully saturated rings. The lowest BCUT2D eigenvalue weighted by Gasteiger charge is -2.26. The predicted octanol–water partition coefficient (Wildman–Crippen LogP) is -0.908. The van der Waals surface area contributed by atoms with Crippen LogP contribution in [0.15, 0.2) is 12.5 Å². The number of hydrogen-bond acceptors (Lipinski definition) is 8. The van der Waals surface area contributed by atoms with E-state index in [0.29, 0.717) is 11.4 Å². The summed E-state index contributed by atoms with van der Waals surface area (Å²) in [6, 6.07) is -4.72. The molecule has 13 nitrogen and oxygen atoms in total. The highest BCUT2D eigenvalue weighted by molar-refractivity contribution is 7.98. The van der Waals surface area contributed by atoms with E-state index >= 15 is 0 Å². The SMILES string of the molecule is CSCCC(NC(=O)C(N)CC(=O)O)C(=O)NC(CC(C)C)C(=O)NC(Cc1cnc[nH]1)C(=O)O. The Kier molecular flexibility index (Phi) is 12.8. The number of rotatable bonds is 16. The highest BCUT2D eigenvalue weighted by atomic mass is 32.2. The summed E-state index contributed by atoms with van der Waals surface area (Å²) in [6.07, 6.45) is 4.45. The van der Waals surface area contributed by atoms with Crippen LogP contribution in [0, 0.1) is 5.92 Å². The minimum atomic E-state index is -1.34. The van der Waals surface area contributed by atoms with Crippen molar-refractivity contribution in [2.75, 3.05) is 12.0 Å². The Balaban J connectivity index is 2.96. The minimum absolute atomic E-state index is 0.0230. The molecular formula is C21H34N6O7S. The second kappa shape index (κ2) is 15.0. The molecule has 1 aromatic rings. The minimum Gasteiger partial charge on any atom is -0.481 e. The Morgan fingerprint density at radius 2 is 1.63 bits per heavy atom. The molecule has 0 radical (unpaired) electrons. The Bertz CT molecular complexity index is 864. The van der Waals surface area contributed by atoms with Crippen LogP contribution in [0.1, 0.15) is 38.8 Å². The Morgan fingerprint density at radius 3 is 2.14 bits per heavy atom. The lowest BCUT2D eigenvalue weighted by atomic mass is 10.0. The van der Waals surface area contributed by atoms with Crippen LogP contribution < -0.4 is 21.7 Å². The number of carbonyl (C=O) groups is 5. The number of amides is 3. The monoisotopic (exact) mass is 514 g/mol. The van der Waals surface area contributed by atoms with Gasteiger partial charge in [0.15, 0.2) is 0 Å². The Morgan fingerprint density at radius 1 is 1.03 bits per heavy atom. The zero-order valence-corrected chi connectivity index (χ0v) is 20.8. The number of carboxylic acids is 2. The van der Waals surface area contributed by atoms with Gasteiger partial charge in [0, 0.05) is 18.3 Å². The van der Waals surface area contributed by atoms with Gasteiger partial charge in [-0.2, -0.15) is 11.8 Å². The van der Waals surface area contributed by atoms with E-state index in [4.69, 9.17) is 10.8 Å². The van der Waals surface area contributed by atoms with Crippen molar-refractivity contribution in [3.8, 4) is 0 Å². The fourth-order valence-electron chi connectivity index (χ4n) is 3.13. The maximum Gasteiger partial charge on any atom is 0.326 e. The lowest BCUT2D eigenvalue weighted by Crippen LogP contribution is -2.57. The molecule has 4 unspecified atom stereocenters. The molecule has 14 heteroatoms. The Hall–Kier alpha value is -3.13. The van der Waals surface area contributed by atoms with Crippen LogP contribution in [0.4, 0.5) is 0 Å². The van der Waals surface area contributed by atoms with Crippen LogP contribution in [-0.4, -0.2) is 86.0 Å². The van der Waals surface area contributed by atoms with Gasteiger partial charge in [-0.1, -0.05) is 13.8 Å². The van der Waals surface area contributed by atoms with Crippen molar-refractivity contribution in [3.05, 3.63) is 18.2 Å². The zero-order chi connectivity index (χ0) is 26.5. The molecule has 1 heterocycles. The summed E-state index contributed by atoms with van der Waals surface area (Å²) in [6.45, 7) is 3.67. The number of H-pyrrole nitrogens is 1. The normalized spacial score (nSPS) is 14.4. The molecule has 0 spiro atoms. The van der Waals surface area contributed by atoms with Crippen molar-refractivity contribution < 1.29 is 34.2 Å². The fraction of sp³-hybridized carbons (Fsp3) is 0.619. The van der Waals surface area contributed by atoms with Gasteiger partial charge in [0.25, 0.3) is 0 Å². The van der Waals surface area contributed by atoms with E-state index in [0.717, 1.165) is 0 Å². The van der Waals surface area contributed by atoms with E-state index < -0.39 is 60.2 Å². The molecule has 3 amide bonds. The summed E-state index contributed by atoms with van der Waals surface area (Å²) in [7, 11) is 0. The molecule has 35 heavy (non-hydrogen) atoms. The number of hydrogen-bond donors (Lipinski definition) is 7. The smallest absolute Gasteiger partial charge is 0.326 e. The second-order valence-electron chi connectivity index (χ2n) is 8.42. The average molecular weight is 515 g/mol. The molecule has 0 aliphatic heterocycles. The lowest BCUT2D eigenvalue weighted by molar-refractivity contribution is -0.142. The number of thioether (sulfide) groups is 1. The topological polar surface area (TPSA) is 217 Å². The predicted molar refractivity (Wildman–Crippen MR) is 128 cm³/mol. The molecule has 196 valence electrons. The van der Waals surface area contributed by atoms with E-state index in [1.807, 2.05) is 20.1 Å². The third-order valence-electron chi connectivity index (χ3n) is 4.91. The number of carbonyl (C=O) groups excluding carboxylic acids is 3. The number of carboxylic acid groups (broad SMARTS) is 2. The summed E-state index contributed by atoms with van der Waals surface area (Å²) in [4.78, 5) is 67.4. The van der Waals surface area contributed by atoms with Crippen molar-refractivity contribution in [2.24, 2.45) is 11.7 Å². The summed E-state index contributed by atoms with van der Waals surface area (Å²) >= 11 is 1.43. The summed E-state index contributed by atoms with van der Waals surface area (Å²) in [5.74, 6) is -4.17. The number of aromatic amines is 1. The summed E-state index contributed by atoms with van der Waals surface area (Å²) in [5, 5.41) is 25.9. The fourth-order valence-corrected chi connectivity index (χ4v) is 3.60. The molecule has 0 aliphatic rings. The molecule has 0 saturated heterocycles. The third-order valence-corrected chi connectivity index (χ3v) is 5.55. The van der Waals surface area contributed by atoms with Gasteiger partial charge in [-0.25, -0.2) is 9.78 Å². The van der Waals surface area contributed by atoms with Crippen molar-refractivity contribution >= 4 is 41.4 Å². The van der Waals surface area contributed by atoms with Gasteiger partial charge in [0.1, 0.15) is 18.1 Å². The van der Waals surface area contributed by atoms with E-state index in [-0.39, 0.29) is 25.2 Å². The van der Waals surface area contributed by atoms with Gasteiger partial charge in [0.05, 0.1) is 18.8 Å². The van der Waals surface area contributed by atoms with Crippen molar-refractivity contribution in [3.63, 3.8) is 0 Å². The van der Waals surface area contributed by atoms with Crippen LogP contribution in [0.25, 0.3) is 0 Å². The maximum atomic E-state index is 13.0. The molecule has 0 aromatic carbocycles. The molecule has 0 aliphatic carbocycles. The second-order valence-corrected chi connectivity index (χ2v) is 9.40. The number of nitrogens with one attached hydrogen (secondary N) is 4. The first-order valence-electron chi connectivity index (χ1n) is 11.0. The van der Waals surface area contributed by atoms with Crippen LogP contribution in [0.5, 0.6) is 0 Å². The summed E-state index contributed by atoms with van der Waals surface area (Å²) in [5.41, 5.74) is 6.11. The van der Waals surface area contributed by atoms with Gasteiger partial charge < -0.3 is 36.9 Å². The first-order valence-corrected chi connectivity index (χ1v) is 12.4. The molecule has 0 saturated carbocycles. The molecule has 1 aromatic heterocycles. The summed E-state index contributed by atoms with van der Waals surface area (Å²) < 4.78 is 0. The first-order chi connectivity index (χ1) is 16.4. The van der Waals surface area contributed by atoms with Crippen LogP contribution >= 0.6 is 11.8 Å². The molecule has 1 rings (SSSR count). The number of aliphatic carboxylic acids is 2. The van der Waals surface area contributed by atoms with E-state index in [1.54, 1.807) is 0 Å². The van der Waals surface area contributed by atoms with Crippen LogP contribution in [0.2, 0.25) is 0 Å². The Labute approximate surface area is 207 Å². The number of nitrogens with zero attached hydrogens (tertiary/aromatic N) is 1. The molecule has 8 N–H and O–H groups in total. The van der Waals surface area contributed by atoms with Crippen molar-refractivity contribution in [1.29, 1.82) is 0 Å². The highest BCUT2D eigenvalue weighted by Gasteiger charge is 2.31. The van der Waals surface area contributed by atoms with Crippen molar-refractivity contribution in [2.45, 2.75) is 63.7 Å². The maximum absolute atomic E-state index is 13.0. The number of imidazole rings is 1. The quantitative estimate of drug-likeness (QED) is 0.144. The van der Waals surface area contributed by atoms with Gasteiger partial charge in [-0.3, -0.25) is 19.2 Å². The largest absolute Gasteiger partial charge is 0.481 e. The molecule has 4 atom stereocenters. The van der Waals surface area contributed by atoms with Gasteiger partial charge in [0.2, 0.25) is 17.7 Å². The van der Waals surface area contributed by atoms with Crippen LogP contribution in [0.3, 0.4) is 0 Å². The molecular weight excluding hydrogens is 480 g/mol. The first kappa shape index (κ1) is 29.9. The average Bonchev–Trinajstić information content (AvgIpc) is 3.27. The van der Waals surface area contributed by atoms with Crippen molar-refractivity contribution in [1.82, 2.24) is 25.9 Å².